The number of phenolic OH excluding ortho intramolecular Hbond substituents is 1. The maximum Gasteiger partial charge on any atom is 0.338 e. The molecule has 0 bridgehead atoms. The van der Waals surface area contributed by atoms with E-state index in [4.69, 9.17) is 9.84 Å². The molecular formula is C18H22O3. The minimum atomic E-state index is -0.335. The van der Waals surface area contributed by atoms with Crippen LogP contribution in [0.25, 0.3) is 0 Å². The first-order valence-electron chi connectivity index (χ1n) is 7.11. The van der Waals surface area contributed by atoms with Crippen molar-refractivity contribution in [2.45, 2.75) is 26.7 Å². The maximum atomic E-state index is 11.3. The third-order valence-corrected chi connectivity index (χ3v) is 2.77. The Labute approximate surface area is 126 Å². The van der Waals surface area contributed by atoms with Gasteiger partial charge in [0, 0.05) is 0 Å². The molecular weight excluding hydrogens is 264 g/mol. The lowest BCUT2D eigenvalue weighted by Crippen LogP contribution is -2.05. The van der Waals surface area contributed by atoms with Gasteiger partial charge in [-0.25, -0.2) is 4.79 Å². The monoisotopic (exact) mass is 286 g/mol. The van der Waals surface area contributed by atoms with E-state index in [1.807, 2.05) is 25.1 Å². The molecule has 0 aromatic heterocycles. The smallest absolute Gasteiger partial charge is 0.338 e. The lowest BCUT2D eigenvalue weighted by atomic mass is 10.2. The fourth-order valence-corrected chi connectivity index (χ4v) is 1.52. The molecule has 0 aliphatic rings. The third-order valence-electron chi connectivity index (χ3n) is 2.77. The van der Waals surface area contributed by atoms with Crippen molar-refractivity contribution in [1.29, 1.82) is 0 Å². The molecule has 0 heterocycles. The summed E-state index contributed by atoms with van der Waals surface area (Å²) in [6, 6.07) is 16.3. The number of hydrogen-bond donors (Lipinski definition) is 1. The van der Waals surface area contributed by atoms with Gasteiger partial charge in [-0.05, 0) is 37.6 Å². The van der Waals surface area contributed by atoms with Crippen LogP contribution in [0.3, 0.4) is 0 Å². The highest BCUT2D eigenvalue weighted by Gasteiger charge is 2.05. The fraction of sp³-hybridized carbons (Fsp3) is 0.278. The van der Waals surface area contributed by atoms with Crippen molar-refractivity contribution in [2.75, 3.05) is 6.61 Å². The van der Waals surface area contributed by atoms with Crippen molar-refractivity contribution >= 4 is 5.97 Å². The standard InChI is InChI=1S/C11H14O3.C7H8/c1-2-3-8-14-11(13)9-4-6-10(12)7-5-9;1-7-5-3-2-4-6-7/h4-7,12H,2-3,8H2,1H3;2-6H,1H3. The molecule has 0 unspecified atom stereocenters. The molecule has 3 heteroatoms. The van der Waals surface area contributed by atoms with Crippen LogP contribution in [0, 0.1) is 6.92 Å². The zero-order valence-corrected chi connectivity index (χ0v) is 12.6. The van der Waals surface area contributed by atoms with Gasteiger partial charge in [-0.2, -0.15) is 0 Å². The van der Waals surface area contributed by atoms with Crippen LogP contribution in [-0.2, 0) is 4.74 Å². The van der Waals surface area contributed by atoms with Gasteiger partial charge in [-0.15, -0.1) is 0 Å². The lowest BCUT2D eigenvalue weighted by Gasteiger charge is -2.03. The normalized spacial score (nSPS) is 9.43. The molecule has 21 heavy (non-hydrogen) atoms. The van der Waals surface area contributed by atoms with E-state index in [-0.39, 0.29) is 11.7 Å². The van der Waals surface area contributed by atoms with Gasteiger partial charge in [0.2, 0.25) is 0 Å². The van der Waals surface area contributed by atoms with Crippen LogP contribution in [0.4, 0.5) is 0 Å². The quantitative estimate of drug-likeness (QED) is 0.671. The molecule has 0 spiro atoms. The topological polar surface area (TPSA) is 46.5 Å². The molecule has 0 aliphatic heterocycles. The number of carbonyl (C=O) groups is 1. The summed E-state index contributed by atoms with van der Waals surface area (Å²) in [6.07, 6.45) is 1.88. The van der Waals surface area contributed by atoms with Gasteiger partial charge in [-0.3, -0.25) is 0 Å². The van der Waals surface area contributed by atoms with Crippen molar-refractivity contribution < 1.29 is 14.6 Å². The van der Waals surface area contributed by atoms with Crippen molar-refractivity contribution in [3.05, 3.63) is 65.7 Å². The van der Waals surface area contributed by atoms with Crippen molar-refractivity contribution in [1.82, 2.24) is 0 Å². The van der Waals surface area contributed by atoms with E-state index in [2.05, 4.69) is 19.1 Å². The fourth-order valence-electron chi connectivity index (χ4n) is 1.52. The maximum absolute atomic E-state index is 11.3. The molecule has 0 radical (unpaired) electrons. The number of carbonyl (C=O) groups excluding carboxylic acids is 1. The zero-order chi connectivity index (χ0) is 15.5. The molecule has 2 aromatic rings. The highest BCUT2D eigenvalue weighted by Crippen LogP contribution is 2.10. The Morgan fingerprint density at radius 1 is 1.05 bits per heavy atom. The Hall–Kier alpha value is -2.29. The van der Waals surface area contributed by atoms with E-state index >= 15 is 0 Å². The SMILES string of the molecule is CCCCOC(=O)c1ccc(O)cc1.Cc1ccccc1. The van der Waals surface area contributed by atoms with E-state index in [1.165, 1.54) is 17.7 Å². The predicted molar refractivity (Wildman–Crippen MR) is 84.5 cm³/mol. The van der Waals surface area contributed by atoms with E-state index < -0.39 is 0 Å². The molecule has 0 saturated heterocycles. The number of aryl methyl sites for hydroxylation is 1. The van der Waals surface area contributed by atoms with E-state index in [1.54, 1.807) is 12.1 Å². The summed E-state index contributed by atoms with van der Waals surface area (Å²) >= 11 is 0. The van der Waals surface area contributed by atoms with Crippen LogP contribution in [0.5, 0.6) is 5.75 Å². The highest BCUT2D eigenvalue weighted by molar-refractivity contribution is 5.89. The Balaban J connectivity index is 0.000000262. The van der Waals surface area contributed by atoms with Gasteiger partial charge >= 0.3 is 5.97 Å². The molecule has 0 fully saturated rings. The zero-order valence-electron chi connectivity index (χ0n) is 12.6. The molecule has 0 saturated carbocycles. The van der Waals surface area contributed by atoms with Crippen LogP contribution in [0.1, 0.15) is 35.7 Å². The summed E-state index contributed by atoms with van der Waals surface area (Å²) in [7, 11) is 0. The molecule has 1 N–H and O–H groups in total. The second-order valence-corrected chi connectivity index (χ2v) is 4.69. The molecule has 112 valence electrons. The Bertz CT molecular complexity index is 518. The van der Waals surface area contributed by atoms with Crippen molar-refractivity contribution in [2.24, 2.45) is 0 Å². The second kappa shape index (κ2) is 9.59. The van der Waals surface area contributed by atoms with Crippen LogP contribution in [0.2, 0.25) is 0 Å². The van der Waals surface area contributed by atoms with Gasteiger partial charge in [0.1, 0.15) is 5.75 Å². The number of esters is 1. The van der Waals surface area contributed by atoms with Gasteiger partial charge in [0.05, 0.1) is 12.2 Å². The second-order valence-electron chi connectivity index (χ2n) is 4.69. The number of hydrogen-bond acceptors (Lipinski definition) is 3. The Morgan fingerprint density at radius 3 is 2.14 bits per heavy atom. The molecule has 3 nitrogen and oxygen atoms in total. The average molecular weight is 286 g/mol. The molecule has 2 aromatic carbocycles. The van der Waals surface area contributed by atoms with Gasteiger partial charge in [0.25, 0.3) is 0 Å². The first kappa shape index (κ1) is 16.8. The van der Waals surface area contributed by atoms with Crippen molar-refractivity contribution in [3.8, 4) is 5.75 Å². The van der Waals surface area contributed by atoms with Gasteiger partial charge < -0.3 is 9.84 Å². The first-order chi connectivity index (χ1) is 10.1. The summed E-state index contributed by atoms with van der Waals surface area (Å²) in [5, 5.41) is 9.00. The molecule has 0 atom stereocenters. The number of aromatic hydroxyl groups is 1. The average Bonchev–Trinajstić information content (AvgIpc) is 2.49. The van der Waals surface area contributed by atoms with E-state index in [0.29, 0.717) is 12.2 Å². The lowest BCUT2D eigenvalue weighted by molar-refractivity contribution is 0.0500. The van der Waals surface area contributed by atoms with Crippen LogP contribution >= 0.6 is 0 Å². The highest BCUT2D eigenvalue weighted by atomic mass is 16.5. The third kappa shape index (κ3) is 7.16. The van der Waals surface area contributed by atoms with E-state index in [0.717, 1.165) is 12.8 Å². The van der Waals surface area contributed by atoms with Gasteiger partial charge in [0.15, 0.2) is 0 Å². The first-order valence-corrected chi connectivity index (χ1v) is 7.11. The summed E-state index contributed by atoms with van der Waals surface area (Å²) < 4.78 is 4.99. The number of benzene rings is 2. The number of ether oxygens (including phenoxy) is 1. The summed E-state index contributed by atoms with van der Waals surface area (Å²) in [6.45, 7) is 4.57. The van der Waals surface area contributed by atoms with Crippen molar-refractivity contribution in [3.63, 3.8) is 0 Å². The summed E-state index contributed by atoms with van der Waals surface area (Å²) in [4.78, 5) is 11.3. The predicted octanol–water partition coefficient (Wildman–Crippen LogP) is 4.34. The molecule has 2 rings (SSSR count). The molecule has 0 amide bonds. The number of rotatable bonds is 4. The van der Waals surface area contributed by atoms with E-state index in [9.17, 15) is 4.79 Å². The Morgan fingerprint density at radius 2 is 1.67 bits per heavy atom. The Kier molecular flexibility index (Phi) is 7.65. The van der Waals surface area contributed by atoms with Crippen LogP contribution in [-0.4, -0.2) is 17.7 Å². The van der Waals surface area contributed by atoms with Crippen LogP contribution in [0.15, 0.2) is 54.6 Å². The van der Waals surface area contributed by atoms with Crippen LogP contribution < -0.4 is 0 Å². The largest absolute Gasteiger partial charge is 0.508 e. The summed E-state index contributed by atoms with van der Waals surface area (Å²) in [5.41, 5.74) is 1.79. The number of unbranched alkanes of at least 4 members (excludes halogenated alkanes) is 1. The number of phenols is 1. The minimum absolute atomic E-state index is 0.148. The minimum Gasteiger partial charge on any atom is -0.508 e. The van der Waals surface area contributed by atoms with Gasteiger partial charge in [-0.1, -0.05) is 49.2 Å². The molecule has 0 aliphatic carbocycles. The summed E-state index contributed by atoms with van der Waals surface area (Å²) in [5.74, 6) is -0.187.